The summed E-state index contributed by atoms with van der Waals surface area (Å²) in [7, 11) is -3.75. The first kappa shape index (κ1) is 18.7. The second-order valence-electron chi connectivity index (χ2n) is 7.42. The van der Waals surface area contributed by atoms with Gasteiger partial charge in [0.25, 0.3) is 0 Å². The van der Waals surface area contributed by atoms with E-state index in [1.807, 2.05) is 20.8 Å². The summed E-state index contributed by atoms with van der Waals surface area (Å²) in [5.74, 6) is 0.178. The van der Waals surface area contributed by atoms with Crippen LogP contribution in [0.25, 0.3) is 0 Å². The van der Waals surface area contributed by atoms with Crippen molar-refractivity contribution in [1.29, 1.82) is 0 Å². The van der Waals surface area contributed by atoms with Crippen LogP contribution < -0.4 is 10.5 Å². The van der Waals surface area contributed by atoms with Gasteiger partial charge in [0, 0.05) is 0 Å². The Bertz CT molecular complexity index is 777. The van der Waals surface area contributed by atoms with E-state index < -0.39 is 10.0 Å². The fourth-order valence-electron chi connectivity index (χ4n) is 3.20. The number of hydrogen-bond donors (Lipinski definition) is 2. The lowest BCUT2D eigenvalue weighted by Gasteiger charge is -2.15. The Morgan fingerprint density at radius 3 is 2.50 bits per heavy atom. The molecule has 1 aromatic carbocycles. The number of amides is 1. The second-order valence-corrected chi connectivity index (χ2v) is 8.98. The molecule has 1 amide bonds. The van der Waals surface area contributed by atoms with Crippen molar-refractivity contribution in [3.8, 4) is 0 Å². The summed E-state index contributed by atoms with van der Waals surface area (Å²) in [5, 5.41) is 8.16. The van der Waals surface area contributed by atoms with Crippen LogP contribution in [0.2, 0.25) is 0 Å². The van der Waals surface area contributed by atoms with Crippen molar-refractivity contribution in [1.82, 2.24) is 5.32 Å². The summed E-state index contributed by atoms with van der Waals surface area (Å²) in [4.78, 5) is 12.6. The molecule has 3 atom stereocenters. The van der Waals surface area contributed by atoms with Gasteiger partial charge in [-0.05, 0) is 49.8 Å². The van der Waals surface area contributed by atoms with Crippen LogP contribution in [0.4, 0.5) is 0 Å². The molecule has 2 rings (SSSR count). The summed E-state index contributed by atoms with van der Waals surface area (Å²) in [6.07, 6.45) is 2.15. The van der Waals surface area contributed by atoms with Crippen molar-refractivity contribution in [2.45, 2.75) is 45.6 Å². The molecule has 6 heteroatoms. The number of sulfonamides is 1. The first-order chi connectivity index (χ1) is 10.9. The second kappa shape index (κ2) is 6.33. The molecule has 0 spiro atoms. The molecule has 1 saturated carbocycles. The highest BCUT2D eigenvalue weighted by Gasteiger charge is 2.60. The number of nitrogens with two attached hydrogens (primary N) is 1. The van der Waals surface area contributed by atoms with Gasteiger partial charge in [-0.3, -0.25) is 4.79 Å². The van der Waals surface area contributed by atoms with Gasteiger partial charge in [0.05, 0.1) is 16.9 Å². The number of allylic oxidation sites excluding steroid dienone is 2. The Kier molecular flexibility index (Phi) is 4.93. The van der Waals surface area contributed by atoms with E-state index in [0.29, 0.717) is 5.56 Å². The zero-order chi connectivity index (χ0) is 18.3. The highest BCUT2D eigenvalue weighted by atomic mass is 32.2. The maximum Gasteiger partial charge on any atom is 0.238 e. The standard InChI is InChI=1S/C18H26N2O3S/c1-11(2)9-15-16(18(15,4)5)17(21)20-12(3)13-7-6-8-14(10-13)24(19,22)23/h6-10,12,15-16H,1-5H3,(H,20,21)(H2,19,22,23)/t12-,15+,16+/m0/s1. The lowest BCUT2D eigenvalue weighted by molar-refractivity contribution is -0.123. The molecule has 1 fully saturated rings. The first-order valence-corrected chi connectivity index (χ1v) is 9.57. The van der Waals surface area contributed by atoms with Crippen LogP contribution in [0.3, 0.4) is 0 Å². The predicted molar refractivity (Wildman–Crippen MR) is 94.6 cm³/mol. The summed E-state index contributed by atoms with van der Waals surface area (Å²) in [6, 6.07) is 6.08. The van der Waals surface area contributed by atoms with E-state index in [1.54, 1.807) is 12.1 Å². The van der Waals surface area contributed by atoms with E-state index in [-0.39, 0.29) is 34.1 Å². The van der Waals surface area contributed by atoms with Crippen molar-refractivity contribution in [2.75, 3.05) is 0 Å². The van der Waals surface area contributed by atoms with E-state index >= 15 is 0 Å². The Balaban J connectivity index is 2.12. The third kappa shape index (κ3) is 3.87. The van der Waals surface area contributed by atoms with Gasteiger partial charge < -0.3 is 5.32 Å². The van der Waals surface area contributed by atoms with Crippen LogP contribution >= 0.6 is 0 Å². The fourth-order valence-corrected chi connectivity index (χ4v) is 3.76. The van der Waals surface area contributed by atoms with E-state index in [9.17, 15) is 13.2 Å². The number of nitrogens with one attached hydrogen (secondary N) is 1. The largest absolute Gasteiger partial charge is 0.349 e. The van der Waals surface area contributed by atoms with Gasteiger partial charge in [-0.2, -0.15) is 0 Å². The lowest BCUT2D eigenvalue weighted by Crippen LogP contribution is -2.29. The lowest BCUT2D eigenvalue weighted by atomic mass is 10.1. The van der Waals surface area contributed by atoms with Crippen LogP contribution in [0, 0.1) is 17.3 Å². The molecule has 1 aliphatic carbocycles. The van der Waals surface area contributed by atoms with Crippen molar-refractivity contribution in [3.05, 3.63) is 41.5 Å². The molecule has 0 radical (unpaired) electrons. The number of hydrogen-bond acceptors (Lipinski definition) is 3. The molecule has 5 nitrogen and oxygen atoms in total. The number of primary sulfonamides is 1. The molecule has 0 unspecified atom stereocenters. The summed E-state index contributed by atoms with van der Waals surface area (Å²) >= 11 is 0. The average Bonchev–Trinajstić information content (AvgIpc) is 2.98. The molecule has 0 aromatic heterocycles. The van der Waals surface area contributed by atoms with E-state index in [0.717, 1.165) is 0 Å². The minimum absolute atomic E-state index is 0.00370. The van der Waals surface area contributed by atoms with Crippen LogP contribution in [-0.2, 0) is 14.8 Å². The molecule has 1 aliphatic rings. The number of benzene rings is 1. The topological polar surface area (TPSA) is 89.3 Å². The third-order valence-electron chi connectivity index (χ3n) is 4.75. The SMILES string of the molecule is CC(C)=C[C@@H]1[C@H](C(=O)N[C@@H](C)c2cccc(S(N)(=O)=O)c2)C1(C)C. The molecule has 24 heavy (non-hydrogen) atoms. The Morgan fingerprint density at radius 1 is 1.33 bits per heavy atom. The minimum Gasteiger partial charge on any atom is -0.349 e. The molecule has 0 aliphatic heterocycles. The third-order valence-corrected chi connectivity index (χ3v) is 5.66. The highest BCUT2D eigenvalue weighted by Crippen LogP contribution is 2.59. The quantitative estimate of drug-likeness (QED) is 0.800. The van der Waals surface area contributed by atoms with E-state index in [2.05, 4.69) is 25.2 Å². The van der Waals surface area contributed by atoms with Crippen LogP contribution in [-0.4, -0.2) is 14.3 Å². The number of carbonyl (C=O) groups excluding carboxylic acids is 1. The Labute approximate surface area is 144 Å². The first-order valence-electron chi connectivity index (χ1n) is 8.02. The number of carbonyl (C=O) groups is 1. The Morgan fingerprint density at radius 2 is 1.96 bits per heavy atom. The van der Waals surface area contributed by atoms with Crippen molar-refractivity contribution >= 4 is 15.9 Å². The van der Waals surface area contributed by atoms with Gasteiger partial charge in [0.1, 0.15) is 0 Å². The maximum atomic E-state index is 12.6. The summed E-state index contributed by atoms with van der Waals surface area (Å²) in [5.41, 5.74) is 1.87. The summed E-state index contributed by atoms with van der Waals surface area (Å²) in [6.45, 7) is 10.1. The van der Waals surface area contributed by atoms with Gasteiger partial charge in [-0.1, -0.05) is 37.6 Å². The zero-order valence-electron chi connectivity index (χ0n) is 14.8. The molecule has 0 saturated heterocycles. The average molecular weight is 350 g/mol. The van der Waals surface area contributed by atoms with Crippen LogP contribution in [0.15, 0.2) is 40.8 Å². The smallest absolute Gasteiger partial charge is 0.238 e. The fraction of sp³-hybridized carbons (Fsp3) is 0.500. The number of rotatable bonds is 5. The van der Waals surface area contributed by atoms with Gasteiger partial charge >= 0.3 is 0 Å². The Hall–Kier alpha value is -1.66. The van der Waals surface area contributed by atoms with Gasteiger partial charge in [0.2, 0.25) is 15.9 Å². The molecule has 0 heterocycles. The normalized spacial score (nSPS) is 23.2. The van der Waals surface area contributed by atoms with Gasteiger partial charge in [-0.25, -0.2) is 13.6 Å². The summed E-state index contributed by atoms with van der Waals surface area (Å²) < 4.78 is 22.9. The van der Waals surface area contributed by atoms with Crippen molar-refractivity contribution in [2.24, 2.45) is 22.4 Å². The predicted octanol–water partition coefficient (Wildman–Crippen LogP) is 2.75. The van der Waals surface area contributed by atoms with Gasteiger partial charge in [-0.15, -0.1) is 0 Å². The van der Waals surface area contributed by atoms with Gasteiger partial charge in [0.15, 0.2) is 0 Å². The minimum atomic E-state index is -3.75. The molecule has 1 aromatic rings. The molecule has 0 bridgehead atoms. The van der Waals surface area contributed by atoms with Crippen LogP contribution in [0.1, 0.15) is 46.2 Å². The zero-order valence-corrected chi connectivity index (χ0v) is 15.6. The monoisotopic (exact) mass is 350 g/mol. The van der Waals surface area contributed by atoms with E-state index in [1.165, 1.54) is 17.7 Å². The molecular weight excluding hydrogens is 324 g/mol. The van der Waals surface area contributed by atoms with Crippen LogP contribution in [0.5, 0.6) is 0 Å². The van der Waals surface area contributed by atoms with Crippen molar-refractivity contribution in [3.63, 3.8) is 0 Å². The molecule has 3 N–H and O–H groups in total. The van der Waals surface area contributed by atoms with E-state index in [4.69, 9.17) is 5.14 Å². The molecular formula is C18H26N2O3S. The molecule has 132 valence electrons. The maximum absolute atomic E-state index is 12.6. The highest BCUT2D eigenvalue weighted by molar-refractivity contribution is 7.89. The van der Waals surface area contributed by atoms with Crippen molar-refractivity contribution < 1.29 is 13.2 Å².